The number of nitrogens with zero attached hydrogens (tertiary/aromatic N) is 3. The Bertz CT molecular complexity index is 1180. The second-order valence-electron chi connectivity index (χ2n) is 6.43. The van der Waals surface area contributed by atoms with Gasteiger partial charge in [0.15, 0.2) is 4.80 Å². The van der Waals surface area contributed by atoms with E-state index in [1.54, 1.807) is 12.1 Å². The first-order valence-corrected chi connectivity index (χ1v) is 10.7. The third kappa shape index (κ3) is 5.87. The molecule has 3 aromatic rings. The lowest BCUT2D eigenvalue weighted by molar-refractivity contribution is -0.384. The van der Waals surface area contributed by atoms with Gasteiger partial charge in [-0.25, -0.2) is 0 Å². The van der Waals surface area contributed by atoms with E-state index in [4.69, 9.17) is 9.47 Å². The number of ether oxygens (including phenoxy) is 2. The summed E-state index contributed by atoms with van der Waals surface area (Å²) in [4.78, 5) is 27.7. The molecule has 162 valence electrons. The van der Waals surface area contributed by atoms with Crippen LogP contribution in [0.3, 0.4) is 0 Å². The summed E-state index contributed by atoms with van der Waals surface area (Å²) in [6.07, 6.45) is 2.83. The van der Waals surface area contributed by atoms with Gasteiger partial charge in [0.05, 0.1) is 28.4 Å². The van der Waals surface area contributed by atoms with E-state index in [-0.39, 0.29) is 5.69 Å². The molecule has 31 heavy (non-hydrogen) atoms. The lowest BCUT2D eigenvalue weighted by Gasteiger charge is -2.06. The van der Waals surface area contributed by atoms with Crippen molar-refractivity contribution < 1.29 is 19.2 Å². The molecule has 0 radical (unpaired) electrons. The van der Waals surface area contributed by atoms with Crippen LogP contribution in [0.25, 0.3) is 16.3 Å². The molecule has 0 aliphatic carbocycles. The molecule has 0 aliphatic rings. The molecule has 0 fully saturated rings. The first-order valence-electron chi connectivity index (χ1n) is 9.87. The van der Waals surface area contributed by atoms with E-state index in [0.717, 1.165) is 16.0 Å². The number of hydrogen-bond acceptors (Lipinski definition) is 6. The Balaban J connectivity index is 1.93. The minimum absolute atomic E-state index is 0.0325. The second kappa shape index (κ2) is 10.6. The van der Waals surface area contributed by atoms with Gasteiger partial charge in [0.2, 0.25) is 0 Å². The number of carbonyl (C=O) groups excluding carboxylic acids is 1. The monoisotopic (exact) mass is 441 g/mol. The number of non-ortho nitro benzene ring substituents is 1. The van der Waals surface area contributed by atoms with Gasteiger partial charge >= 0.3 is 0 Å². The van der Waals surface area contributed by atoms with Crippen LogP contribution >= 0.6 is 11.3 Å². The molecule has 0 N–H and O–H groups in total. The highest BCUT2D eigenvalue weighted by molar-refractivity contribution is 7.16. The smallest absolute Gasteiger partial charge is 0.272 e. The van der Waals surface area contributed by atoms with Crippen LogP contribution in [-0.4, -0.2) is 35.2 Å². The van der Waals surface area contributed by atoms with E-state index in [0.29, 0.717) is 36.7 Å². The van der Waals surface area contributed by atoms with E-state index in [9.17, 15) is 14.9 Å². The van der Waals surface area contributed by atoms with Crippen molar-refractivity contribution in [2.24, 2.45) is 4.99 Å². The molecule has 1 aromatic heterocycles. The Morgan fingerprint density at radius 3 is 2.81 bits per heavy atom. The van der Waals surface area contributed by atoms with Gasteiger partial charge in [0.1, 0.15) is 5.75 Å². The summed E-state index contributed by atoms with van der Waals surface area (Å²) >= 11 is 1.40. The van der Waals surface area contributed by atoms with Crippen molar-refractivity contribution in [3.05, 3.63) is 69.0 Å². The van der Waals surface area contributed by atoms with Crippen LogP contribution in [0.4, 0.5) is 5.69 Å². The predicted octanol–water partition coefficient (Wildman–Crippen LogP) is 4.19. The highest BCUT2D eigenvalue weighted by atomic mass is 32.1. The number of carbonyl (C=O) groups is 1. The van der Waals surface area contributed by atoms with Gasteiger partial charge in [-0.15, -0.1) is 0 Å². The highest BCUT2D eigenvalue weighted by Gasteiger charge is 2.09. The quantitative estimate of drug-likeness (QED) is 0.215. The van der Waals surface area contributed by atoms with Crippen molar-refractivity contribution in [1.82, 2.24) is 4.57 Å². The number of thiazole rings is 1. The third-order valence-electron chi connectivity index (χ3n) is 4.33. The van der Waals surface area contributed by atoms with Crippen molar-refractivity contribution in [2.45, 2.75) is 20.4 Å². The van der Waals surface area contributed by atoms with Crippen molar-refractivity contribution in [1.29, 1.82) is 0 Å². The van der Waals surface area contributed by atoms with Crippen molar-refractivity contribution in [3.8, 4) is 5.75 Å². The summed E-state index contributed by atoms with van der Waals surface area (Å²) in [5.74, 6) is 0.310. The maximum Gasteiger partial charge on any atom is 0.272 e. The number of fused-ring (bicyclic) bond motifs is 1. The normalized spacial score (nSPS) is 12.0. The first-order chi connectivity index (χ1) is 15.0. The Hall–Kier alpha value is -3.30. The maximum atomic E-state index is 12.5. The zero-order valence-corrected chi connectivity index (χ0v) is 18.1. The molecule has 0 saturated carbocycles. The minimum atomic E-state index is -0.474. The standard InChI is InChI=1S/C22H23N3O5S/c1-3-29-13-12-24-19-10-9-18(30-4-2)15-20(19)31-22(24)23-21(26)11-8-16-6-5-7-17(14-16)25(27)28/h5-11,14-15H,3-4,12-13H2,1-2H3. The van der Waals surface area contributed by atoms with E-state index in [2.05, 4.69) is 4.99 Å². The summed E-state index contributed by atoms with van der Waals surface area (Å²) in [6.45, 7) is 6.09. The number of nitro groups is 1. The van der Waals surface area contributed by atoms with Gasteiger partial charge in [-0.1, -0.05) is 23.5 Å². The number of rotatable bonds is 9. The van der Waals surface area contributed by atoms with E-state index >= 15 is 0 Å². The van der Waals surface area contributed by atoms with Gasteiger partial charge in [0.25, 0.3) is 11.6 Å². The molecule has 3 rings (SSSR count). The molecule has 0 bridgehead atoms. The zero-order chi connectivity index (χ0) is 22.2. The molecule has 0 saturated heterocycles. The fourth-order valence-corrected chi connectivity index (χ4v) is 4.04. The van der Waals surface area contributed by atoms with Gasteiger partial charge in [-0.05, 0) is 43.7 Å². The van der Waals surface area contributed by atoms with E-state index in [1.165, 1.54) is 35.6 Å². The van der Waals surface area contributed by atoms with Gasteiger partial charge in [-0.3, -0.25) is 14.9 Å². The number of amides is 1. The fraction of sp³-hybridized carbons (Fsp3) is 0.273. The average molecular weight is 442 g/mol. The third-order valence-corrected chi connectivity index (χ3v) is 5.37. The number of aromatic nitrogens is 1. The molecule has 0 aliphatic heterocycles. The lowest BCUT2D eigenvalue weighted by Crippen LogP contribution is -2.19. The largest absolute Gasteiger partial charge is 0.494 e. The summed E-state index contributed by atoms with van der Waals surface area (Å²) in [5, 5.41) is 10.9. The molecule has 2 aromatic carbocycles. The number of benzene rings is 2. The van der Waals surface area contributed by atoms with E-state index < -0.39 is 10.8 Å². The van der Waals surface area contributed by atoms with Crippen molar-refractivity contribution in [2.75, 3.05) is 19.8 Å². The fourth-order valence-electron chi connectivity index (χ4n) is 2.95. The molecule has 0 unspecified atom stereocenters. The molecule has 1 amide bonds. The molecular weight excluding hydrogens is 418 g/mol. The zero-order valence-electron chi connectivity index (χ0n) is 17.3. The summed E-state index contributed by atoms with van der Waals surface area (Å²) in [7, 11) is 0. The van der Waals surface area contributed by atoms with Gasteiger partial charge < -0.3 is 14.0 Å². The Labute approximate surface area is 183 Å². The average Bonchev–Trinajstić information content (AvgIpc) is 3.09. The summed E-state index contributed by atoms with van der Waals surface area (Å²) in [5.41, 5.74) is 1.47. The molecule has 1 heterocycles. The topological polar surface area (TPSA) is 96.0 Å². The first kappa shape index (κ1) is 22.4. The van der Waals surface area contributed by atoms with Crippen molar-refractivity contribution >= 4 is 39.2 Å². The Morgan fingerprint density at radius 1 is 1.23 bits per heavy atom. The van der Waals surface area contributed by atoms with Gasteiger partial charge in [0, 0.05) is 31.4 Å². The van der Waals surface area contributed by atoms with Crippen LogP contribution in [0.15, 0.2) is 53.5 Å². The van der Waals surface area contributed by atoms with Crippen LogP contribution in [0.1, 0.15) is 19.4 Å². The molecule has 9 heteroatoms. The van der Waals surface area contributed by atoms with Crippen LogP contribution in [0, 0.1) is 10.1 Å². The predicted molar refractivity (Wildman–Crippen MR) is 120 cm³/mol. The summed E-state index contributed by atoms with van der Waals surface area (Å²) in [6, 6.07) is 11.8. The molecular formula is C22H23N3O5S. The Morgan fingerprint density at radius 2 is 2.06 bits per heavy atom. The molecule has 8 nitrogen and oxygen atoms in total. The van der Waals surface area contributed by atoms with Crippen molar-refractivity contribution in [3.63, 3.8) is 0 Å². The summed E-state index contributed by atoms with van der Waals surface area (Å²) < 4.78 is 14.0. The van der Waals surface area contributed by atoms with Crippen LogP contribution < -0.4 is 9.54 Å². The number of nitro benzene ring substituents is 1. The second-order valence-corrected chi connectivity index (χ2v) is 7.44. The minimum Gasteiger partial charge on any atom is -0.494 e. The van der Waals surface area contributed by atoms with Crippen LogP contribution in [0.5, 0.6) is 5.75 Å². The van der Waals surface area contributed by atoms with Gasteiger partial charge in [-0.2, -0.15) is 4.99 Å². The van der Waals surface area contributed by atoms with Crippen LogP contribution in [0.2, 0.25) is 0 Å². The molecule has 0 atom stereocenters. The van der Waals surface area contributed by atoms with Crippen LogP contribution in [-0.2, 0) is 16.1 Å². The highest BCUT2D eigenvalue weighted by Crippen LogP contribution is 2.23. The lowest BCUT2D eigenvalue weighted by atomic mass is 10.2. The maximum absolute atomic E-state index is 12.5. The SMILES string of the molecule is CCOCCn1c(=NC(=O)C=Cc2cccc([N+](=O)[O-])c2)sc2cc(OCC)ccc21. The Kier molecular flexibility index (Phi) is 7.69. The molecule has 0 spiro atoms. The van der Waals surface area contributed by atoms with E-state index in [1.807, 2.05) is 36.6 Å². The number of hydrogen-bond donors (Lipinski definition) is 0.